The molecule has 7 heteroatoms. The van der Waals surface area contributed by atoms with Crippen molar-refractivity contribution in [3.05, 3.63) is 16.2 Å². The number of thiophene rings is 1. The molecular formula is C11H12ClN3O2S. The van der Waals surface area contributed by atoms with Crippen LogP contribution >= 0.6 is 22.9 Å². The van der Waals surface area contributed by atoms with E-state index < -0.39 is 12.2 Å². The summed E-state index contributed by atoms with van der Waals surface area (Å²) in [6.45, 7) is 2.72. The highest BCUT2D eigenvalue weighted by molar-refractivity contribution is 7.18. The number of aliphatic hydroxyl groups is 2. The van der Waals surface area contributed by atoms with Crippen LogP contribution < -0.4 is 4.90 Å². The van der Waals surface area contributed by atoms with E-state index in [1.807, 2.05) is 17.9 Å². The van der Waals surface area contributed by atoms with Gasteiger partial charge in [0.05, 0.1) is 17.6 Å². The van der Waals surface area contributed by atoms with E-state index in [0.29, 0.717) is 18.9 Å². The Morgan fingerprint density at radius 3 is 2.67 bits per heavy atom. The SMILES string of the molecule is Cc1cc2c(N3CC(O)C(O)C3)nc(Cl)nc2s1. The number of aromatic nitrogens is 2. The van der Waals surface area contributed by atoms with Crippen LogP contribution in [0.1, 0.15) is 4.88 Å². The van der Waals surface area contributed by atoms with Crippen LogP contribution in [-0.2, 0) is 0 Å². The minimum Gasteiger partial charge on any atom is -0.389 e. The van der Waals surface area contributed by atoms with Crippen LogP contribution in [0.25, 0.3) is 10.2 Å². The number of nitrogens with zero attached hydrogens (tertiary/aromatic N) is 3. The maximum absolute atomic E-state index is 9.61. The lowest BCUT2D eigenvalue weighted by Gasteiger charge is -2.17. The number of β-amino-alcohol motifs (C(OH)–C–C–N with tert-alkyl or cyclic N) is 2. The number of hydrogen-bond donors (Lipinski definition) is 2. The van der Waals surface area contributed by atoms with Crippen molar-refractivity contribution in [3.8, 4) is 0 Å². The molecule has 2 aromatic heterocycles. The van der Waals surface area contributed by atoms with Gasteiger partial charge < -0.3 is 15.1 Å². The lowest BCUT2D eigenvalue weighted by atomic mass is 10.3. The largest absolute Gasteiger partial charge is 0.389 e. The summed E-state index contributed by atoms with van der Waals surface area (Å²) in [5.41, 5.74) is 0. The van der Waals surface area contributed by atoms with Crippen LogP contribution in [-0.4, -0.2) is 45.5 Å². The molecule has 1 saturated heterocycles. The van der Waals surface area contributed by atoms with Gasteiger partial charge >= 0.3 is 0 Å². The Morgan fingerprint density at radius 2 is 2.00 bits per heavy atom. The summed E-state index contributed by atoms with van der Waals surface area (Å²) in [5, 5.41) is 20.3. The topological polar surface area (TPSA) is 69.5 Å². The highest BCUT2D eigenvalue weighted by Gasteiger charge is 2.31. The van der Waals surface area contributed by atoms with Crippen LogP contribution in [0.3, 0.4) is 0 Å². The highest BCUT2D eigenvalue weighted by atomic mass is 35.5. The molecule has 2 atom stereocenters. The van der Waals surface area contributed by atoms with E-state index in [0.717, 1.165) is 15.1 Å². The fraction of sp³-hybridized carbons (Fsp3) is 0.455. The Bertz CT molecular complexity index is 593. The zero-order valence-corrected chi connectivity index (χ0v) is 11.2. The molecule has 3 rings (SSSR count). The molecule has 2 N–H and O–H groups in total. The fourth-order valence-corrected chi connectivity index (χ4v) is 3.27. The molecule has 0 amide bonds. The fourth-order valence-electron chi connectivity index (χ4n) is 2.19. The molecular weight excluding hydrogens is 274 g/mol. The highest BCUT2D eigenvalue weighted by Crippen LogP contribution is 2.33. The summed E-state index contributed by atoms with van der Waals surface area (Å²) in [7, 11) is 0. The number of aliphatic hydroxyl groups excluding tert-OH is 2. The second-order valence-corrected chi connectivity index (χ2v) is 6.00. The van der Waals surface area contributed by atoms with E-state index in [9.17, 15) is 10.2 Å². The Morgan fingerprint density at radius 1 is 1.33 bits per heavy atom. The first-order valence-electron chi connectivity index (χ1n) is 5.59. The van der Waals surface area contributed by atoms with E-state index in [1.165, 1.54) is 0 Å². The van der Waals surface area contributed by atoms with Crippen molar-refractivity contribution in [2.75, 3.05) is 18.0 Å². The van der Waals surface area contributed by atoms with Crippen LogP contribution in [0.5, 0.6) is 0 Å². The molecule has 0 spiro atoms. The van der Waals surface area contributed by atoms with Gasteiger partial charge in [0.2, 0.25) is 5.28 Å². The zero-order chi connectivity index (χ0) is 12.9. The van der Waals surface area contributed by atoms with Gasteiger partial charge in [0.25, 0.3) is 0 Å². The number of halogens is 1. The van der Waals surface area contributed by atoms with Gasteiger partial charge in [-0.3, -0.25) is 0 Å². The Labute approximate surface area is 113 Å². The summed E-state index contributed by atoms with van der Waals surface area (Å²) >= 11 is 7.47. The number of aryl methyl sites for hydroxylation is 1. The van der Waals surface area contributed by atoms with Crippen molar-refractivity contribution >= 4 is 39.0 Å². The number of fused-ring (bicyclic) bond motifs is 1. The lowest BCUT2D eigenvalue weighted by molar-refractivity contribution is 0.0572. The molecule has 0 saturated carbocycles. The Balaban J connectivity index is 2.11. The van der Waals surface area contributed by atoms with E-state index in [2.05, 4.69) is 9.97 Å². The van der Waals surface area contributed by atoms with Crippen LogP contribution in [0.15, 0.2) is 6.07 Å². The third-order valence-corrected chi connectivity index (χ3v) is 4.14. The van der Waals surface area contributed by atoms with Crippen LogP contribution in [0.2, 0.25) is 5.28 Å². The molecule has 0 aliphatic carbocycles. The van der Waals surface area contributed by atoms with Crippen molar-refractivity contribution in [2.24, 2.45) is 0 Å². The number of rotatable bonds is 1. The van der Waals surface area contributed by atoms with Crippen LogP contribution in [0, 0.1) is 6.92 Å². The summed E-state index contributed by atoms with van der Waals surface area (Å²) in [5.74, 6) is 0.685. The van der Waals surface area contributed by atoms with Gasteiger partial charge in [-0.05, 0) is 24.6 Å². The molecule has 0 radical (unpaired) electrons. The van der Waals surface area contributed by atoms with Gasteiger partial charge in [-0.1, -0.05) is 0 Å². The summed E-state index contributed by atoms with van der Waals surface area (Å²) in [4.78, 5) is 12.2. The number of hydrogen-bond acceptors (Lipinski definition) is 6. The molecule has 3 heterocycles. The average molecular weight is 286 g/mol. The first-order chi connectivity index (χ1) is 8.54. The first kappa shape index (κ1) is 12.1. The Kier molecular flexibility index (Phi) is 2.90. The van der Waals surface area contributed by atoms with E-state index >= 15 is 0 Å². The van der Waals surface area contributed by atoms with Crippen molar-refractivity contribution in [1.82, 2.24) is 9.97 Å². The molecule has 96 valence electrons. The van der Waals surface area contributed by atoms with Crippen molar-refractivity contribution < 1.29 is 10.2 Å². The predicted molar refractivity (Wildman–Crippen MR) is 71.4 cm³/mol. The van der Waals surface area contributed by atoms with Gasteiger partial charge in [-0.2, -0.15) is 4.98 Å². The first-order valence-corrected chi connectivity index (χ1v) is 6.79. The molecule has 1 aliphatic rings. The molecule has 1 aliphatic heterocycles. The smallest absolute Gasteiger partial charge is 0.225 e. The van der Waals surface area contributed by atoms with Gasteiger partial charge in [-0.25, -0.2) is 4.98 Å². The van der Waals surface area contributed by atoms with Crippen molar-refractivity contribution in [3.63, 3.8) is 0 Å². The maximum Gasteiger partial charge on any atom is 0.225 e. The van der Waals surface area contributed by atoms with Gasteiger partial charge in [-0.15, -0.1) is 11.3 Å². The van der Waals surface area contributed by atoms with Crippen molar-refractivity contribution in [2.45, 2.75) is 19.1 Å². The van der Waals surface area contributed by atoms with E-state index in [1.54, 1.807) is 11.3 Å². The van der Waals surface area contributed by atoms with Crippen molar-refractivity contribution in [1.29, 1.82) is 0 Å². The van der Waals surface area contributed by atoms with Gasteiger partial charge in [0.15, 0.2) is 0 Å². The molecule has 0 bridgehead atoms. The van der Waals surface area contributed by atoms with Gasteiger partial charge in [0.1, 0.15) is 10.6 Å². The molecule has 18 heavy (non-hydrogen) atoms. The second kappa shape index (κ2) is 4.31. The number of anilines is 1. The van der Waals surface area contributed by atoms with E-state index in [4.69, 9.17) is 11.6 Å². The lowest BCUT2D eigenvalue weighted by Crippen LogP contribution is -2.22. The summed E-state index contributed by atoms with van der Waals surface area (Å²) in [6.07, 6.45) is -1.48. The second-order valence-electron chi connectivity index (χ2n) is 4.43. The average Bonchev–Trinajstić information content (AvgIpc) is 2.81. The molecule has 2 aromatic rings. The minimum absolute atomic E-state index is 0.190. The molecule has 5 nitrogen and oxygen atoms in total. The summed E-state index contributed by atoms with van der Waals surface area (Å²) < 4.78 is 0. The molecule has 1 fully saturated rings. The third-order valence-electron chi connectivity index (χ3n) is 3.03. The normalized spacial score (nSPS) is 24.1. The third kappa shape index (κ3) is 1.95. The monoisotopic (exact) mass is 285 g/mol. The standard InChI is InChI=1S/C11H12ClN3O2S/c1-5-2-6-9(13-11(12)14-10(6)18-5)15-3-7(16)8(17)4-15/h2,7-8,16-17H,3-4H2,1H3. The zero-order valence-electron chi connectivity index (χ0n) is 9.67. The molecule has 2 unspecified atom stereocenters. The minimum atomic E-state index is -0.742. The summed E-state index contributed by atoms with van der Waals surface area (Å²) in [6, 6.07) is 2.00. The molecule has 0 aromatic carbocycles. The quantitative estimate of drug-likeness (QED) is 0.771. The predicted octanol–water partition coefficient (Wildman–Crippen LogP) is 1.19. The van der Waals surface area contributed by atoms with Crippen LogP contribution in [0.4, 0.5) is 5.82 Å². The Hall–Kier alpha value is -0.950. The van der Waals surface area contributed by atoms with Gasteiger partial charge in [0, 0.05) is 18.0 Å². The maximum atomic E-state index is 9.61. The van der Waals surface area contributed by atoms with E-state index in [-0.39, 0.29) is 5.28 Å².